The zero-order chi connectivity index (χ0) is 15.1. The SMILES string of the molecule is C[C@H](COCCOC[C@H]1CO1)OCCOC(C)(C)[C@@H]1CO1. The van der Waals surface area contributed by atoms with Gasteiger partial charge in [-0.1, -0.05) is 0 Å². The van der Waals surface area contributed by atoms with E-state index in [2.05, 4.69) is 0 Å². The van der Waals surface area contributed by atoms with Gasteiger partial charge < -0.3 is 28.4 Å². The van der Waals surface area contributed by atoms with Gasteiger partial charge in [0.25, 0.3) is 0 Å². The molecule has 21 heavy (non-hydrogen) atoms. The van der Waals surface area contributed by atoms with Crippen molar-refractivity contribution in [2.75, 3.05) is 52.9 Å². The predicted molar refractivity (Wildman–Crippen MR) is 76.6 cm³/mol. The third kappa shape index (κ3) is 7.54. The van der Waals surface area contributed by atoms with Crippen molar-refractivity contribution in [3.05, 3.63) is 0 Å². The number of ether oxygens (including phenoxy) is 6. The van der Waals surface area contributed by atoms with Crippen LogP contribution in [0.4, 0.5) is 0 Å². The Morgan fingerprint density at radius 2 is 1.76 bits per heavy atom. The fourth-order valence-electron chi connectivity index (χ4n) is 1.89. The van der Waals surface area contributed by atoms with E-state index in [9.17, 15) is 0 Å². The van der Waals surface area contributed by atoms with Crippen LogP contribution >= 0.6 is 0 Å². The van der Waals surface area contributed by atoms with E-state index < -0.39 is 0 Å². The highest BCUT2D eigenvalue weighted by Gasteiger charge is 2.40. The lowest BCUT2D eigenvalue weighted by molar-refractivity contribution is -0.0817. The molecule has 2 rings (SSSR count). The Morgan fingerprint density at radius 1 is 1.05 bits per heavy atom. The second-order valence-electron chi connectivity index (χ2n) is 6.06. The van der Waals surface area contributed by atoms with Gasteiger partial charge in [0.1, 0.15) is 12.2 Å². The molecule has 0 aromatic carbocycles. The van der Waals surface area contributed by atoms with Crippen molar-refractivity contribution in [2.24, 2.45) is 0 Å². The first kappa shape index (κ1) is 17.1. The molecule has 124 valence electrons. The third-order valence-electron chi connectivity index (χ3n) is 3.50. The van der Waals surface area contributed by atoms with Crippen LogP contribution in [0.3, 0.4) is 0 Å². The molecular formula is C15H28O6. The quantitative estimate of drug-likeness (QED) is 0.374. The minimum Gasteiger partial charge on any atom is -0.376 e. The van der Waals surface area contributed by atoms with Crippen molar-refractivity contribution in [3.8, 4) is 0 Å². The maximum atomic E-state index is 5.77. The zero-order valence-corrected chi connectivity index (χ0v) is 13.3. The average Bonchev–Trinajstić information content (AvgIpc) is 3.28. The summed E-state index contributed by atoms with van der Waals surface area (Å²) in [6.07, 6.45) is 0.609. The Morgan fingerprint density at radius 3 is 2.43 bits per heavy atom. The molecule has 2 saturated heterocycles. The predicted octanol–water partition coefficient (Wildman–Crippen LogP) is 1.02. The topological polar surface area (TPSA) is 62.0 Å². The van der Waals surface area contributed by atoms with Crippen LogP contribution in [0.25, 0.3) is 0 Å². The largest absolute Gasteiger partial charge is 0.376 e. The van der Waals surface area contributed by atoms with Crippen molar-refractivity contribution in [1.82, 2.24) is 0 Å². The first-order valence-corrected chi connectivity index (χ1v) is 7.72. The van der Waals surface area contributed by atoms with Crippen LogP contribution in [0.2, 0.25) is 0 Å². The van der Waals surface area contributed by atoms with E-state index >= 15 is 0 Å². The monoisotopic (exact) mass is 304 g/mol. The molecule has 0 unspecified atom stereocenters. The lowest BCUT2D eigenvalue weighted by atomic mass is 10.1. The van der Waals surface area contributed by atoms with Gasteiger partial charge in [-0.25, -0.2) is 0 Å². The van der Waals surface area contributed by atoms with E-state index in [0.29, 0.717) is 45.7 Å². The summed E-state index contributed by atoms with van der Waals surface area (Å²) >= 11 is 0. The molecule has 0 amide bonds. The van der Waals surface area contributed by atoms with E-state index in [1.165, 1.54) is 0 Å². The standard InChI is InChI=1S/C15H28O6/c1-12(8-16-4-5-17-9-13-10-19-13)18-6-7-21-15(2,3)14-11-20-14/h12-14H,4-11H2,1-3H3/t12-,13+,14+/m1/s1. The maximum absolute atomic E-state index is 5.77. The number of hydrogen-bond acceptors (Lipinski definition) is 6. The Hall–Kier alpha value is -0.240. The molecule has 0 bridgehead atoms. The minimum absolute atomic E-state index is 0.0562. The van der Waals surface area contributed by atoms with Crippen molar-refractivity contribution < 1.29 is 28.4 Å². The summed E-state index contributed by atoms with van der Waals surface area (Å²) in [4.78, 5) is 0. The molecule has 3 atom stereocenters. The van der Waals surface area contributed by atoms with Crippen molar-refractivity contribution in [3.63, 3.8) is 0 Å². The molecule has 2 aliphatic heterocycles. The summed E-state index contributed by atoms with van der Waals surface area (Å²) in [5, 5.41) is 0. The van der Waals surface area contributed by atoms with Crippen LogP contribution in [0, 0.1) is 0 Å². The van der Waals surface area contributed by atoms with Crippen LogP contribution in [-0.4, -0.2) is 76.8 Å². The molecule has 0 aliphatic carbocycles. The molecule has 0 aromatic heterocycles. The van der Waals surface area contributed by atoms with Gasteiger partial charge in [-0.05, 0) is 20.8 Å². The first-order chi connectivity index (χ1) is 10.1. The summed E-state index contributed by atoms with van der Waals surface area (Å²) in [6.45, 7) is 11.3. The van der Waals surface area contributed by atoms with Gasteiger partial charge >= 0.3 is 0 Å². The van der Waals surface area contributed by atoms with Crippen LogP contribution in [-0.2, 0) is 28.4 Å². The molecule has 6 nitrogen and oxygen atoms in total. The second kappa shape index (κ2) is 8.41. The molecule has 0 aromatic rings. The molecule has 2 heterocycles. The van der Waals surface area contributed by atoms with E-state index in [0.717, 1.165) is 13.2 Å². The third-order valence-corrected chi connectivity index (χ3v) is 3.50. The molecule has 0 saturated carbocycles. The van der Waals surface area contributed by atoms with Gasteiger partial charge in [-0.15, -0.1) is 0 Å². The lowest BCUT2D eigenvalue weighted by Gasteiger charge is -2.23. The van der Waals surface area contributed by atoms with Crippen LogP contribution < -0.4 is 0 Å². The molecule has 0 radical (unpaired) electrons. The fourth-order valence-corrected chi connectivity index (χ4v) is 1.89. The molecule has 2 aliphatic rings. The normalized spacial score (nSPS) is 25.9. The number of hydrogen-bond donors (Lipinski definition) is 0. The van der Waals surface area contributed by atoms with Gasteiger partial charge in [0.15, 0.2) is 0 Å². The Balaban J connectivity index is 1.36. The zero-order valence-electron chi connectivity index (χ0n) is 13.3. The van der Waals surface area contributed by atoms with Gasteiger partial charge in [0.05, 0.1) is 64.6 Å². The second-order valence-corrected chi connectivity index (χ2v) is 6.06. The van der Waals surface area contributed by atoms with Crippen LogP contribution in [0.5, 0.6) is 0 Å². The summed E-state index contributed by atoms with van der Waals surface area (Å²) in [5.41, 5.74) is -0.217. The summed E-state index contributed by atoms with van der Waals surface area (Å²) in [5.74, 6) is 0. The summed E-state index contributed by atoms with van der Waals surface area (Å²) in [7, 11) is 0. The van der Waals surface area contributed by atoms with Gasteiger partial charge in [-0.3, -0.25) is 0 Å². The van der Waals surface area contributed by atoms with Crippen molar-refractivity contribution in [1.29, 1.82) is 0 Å². The van der Waals surface area contributed by atoms with Gasteiger partial charge in [-0.2, -0.15) is 0 Å². The fraction of sp³-hybridized carbons (Fsp3) is 1.00. The highest BCUT2D eigenvalue weighted by molar-refractivity contribution is 4.88. The molecule has 6 heteroatoms. The smallest absolute Gasteiger partial charge is 0.109 e. The van der Waals surface area contributed by atoms with Crippen molar-refractivity contribution >= 4 is 0 Å². The van der Waals surface area contributed by atoms with Gasteiger partial charge in [0, 0.05) is 0 Å². The highest BCUT2D eigenvalue weighted by Crippen LogP contribution is 2.27. The van der Waals surface area contributed by atoms with Gasteiger partial charge in [0.2, 0.25) is 0 Å². The van der Waals surface area contributed by atoms with E-state index in [1.54, 1.807) is 0 Å². The first-order valence-electron chi connectivity index (χ1n) is 7.72. The Kier molecular flexibility index (Phi) is 6.85. The molecule has 0 spiro atoms. The average molecular weight is 304 g/mol. The lowest BCUT2D eigenvalue weighted by Crippen LogP contribution is -2.33. The Bertz CT molecular complexity index is 288. The Labute approximate surface area is 127 Å². The minimum atomic E-state index is -0.217. The summed E-state index contributed by atoms with van der Waals surface area (Å²) < 4.78 is 32.6. The molecular weight excluding hydrogens is 276 g/mol. The van der Waals surface area contributed by atoms with Crippen LogP contribution in [0.15, 0.2) is 0 Å². The molecule has 2 fully saturated rings. The molecule has 0 N–H and O–H groups in total. The van der Waals surface area contributed by atoms with Crippen LogP contribution in [0.1, 0.15) is 20.8 Å². The summed E-state index contributed by atoms with van der Waals surface area (Å²) in [6, 6.07) is 0. The van der Waals surface area contributed by atoms with E-state index in [1.807, 2.05) is 20.8 Å². The highest BCUT2D eigenvalue weighted by atomic mass is 16.6. The van der Waals surface area contributed by atoms with E-state index in [4.69, 9.17) is 28.4 Å². The van der Waals surface area contributed by atoms with Crippen molar-refractivity contribution in [2.45, 2.75) is 44.7 Å². The number of epoxide rings is 2. The maximum Gasteiger partial charge on any atom is 0.109 e. The van der Waals surface area contributed by atoms with E-state index in [-0.39, 0.29) is 17.8 Å². The number of rotatable bonds is 13.